The Bertz CT molecular complexity index is 260. The summed E-state index contributed by atoms with van der Waals surface area (Å²) >= 11 is -1.89. The number of benzene rings is 1. The third-order valence-electron chi connectivity index (χ3n) is 1.26. The van der Waals surface area contributed by atoms with Crippen LogP contribution in [0.2, 0.25) is 0 Å². The van der Waals surface area contributed by atoms with E-state index in [1.807, 2.05) is 0 Å². The summed E-state index contributed by atoms with van der Waals surface area (Å²) in [5.41, 5.74) is 0. The van der Waals surface area contributed by atoms with E-state index < -0.39 is 11.1 Å². The van der Waals surface area contributed by atoms with Gasteiger partial charge in [-0.25, -0.2) is 4.21 Å². The molecule has 0 aromatic heterocycles. The average molecular weight is 280 g/mol. The van der Waals surface area contributed by atoms with Crippen molar-refractivity contribution in [1.82, 2.24) is 0 Å². The molecule has 5 heteroatoms. The van der Waals surface area contributed by atoms with Crippen LogP contribution in [0, 0.1) is 0 Å². The molecule has 0 saturated heterocycles. The van der Waals surface area contributed by atoms with Gasteiger partial charge >= 0.3 is 0 Å². The van der Waals surface area contributed by atoms with Crippen molar-refractivity contribution in [3.63, 3.8) is 0 Å². The normalized spacial score (nSPS) is 11.5. The molecule has 0 fully saturated rings. The Hall–Kier alpha value is -0.130. The zero-order valence-electron chi connectivity index (χ0n) is 6.28. The summed E-state index contributed by atoms with van der Waals surface area (Å²) in [6.45, 7) is 0. The standard InChI is InChI=1S/C7H8O3S.Ag/c1-10-6-2-4-7(5-3-6)11(8)9;/h2-5H,1H3,(H,8,9);. The van der Waals surface area contributed by atoms with Gasteiger partial charge < -0.3 is 9.29 Å². The molecular formula is C7H8AgO3S. The number of ether oxygens (including phenoxy) is 1. The Morgan fingerprint density at radius 2 is 1.83 bits per heavy atom. The molecule has 1 aromatic carbocycles. The topological polar surface area (TPSA) is 46.5 Å². The van der Waals surface area contributed by atoms with Crippen LogP contribution in [0.4, 0.5) is 0 Å². The first-order chi connectivity index (χ1) is 5.24. The van der Waals surface area contributed by atoms with Crippen LogP contribution in [0.5, 0.6) is 5.75 Å². The maximum absolute atomic E-state index is 10.5. The average Bonchev–Trinajstić information content (AvgIpc) is 2.05. The van der Waals surface area contributed by atoms with Gasteiger partial charge in [-0.2, -0.15) is 0 Å². The van der Waals surface area contributed by atoms with E-state index in [0.29, 0.717) is 10.6 Å². The second kappa shape index (κ2) is 5.50. The first-order valence-corrected chi connectivity index (χ1v) is 4.09. The van der Waals surface area contributed by atoms with Crippen molar-refractivity contribution in [2.75, 3.05) is 7.11 Å². The van der Waals surface area contributed by atoms with E-state index in [-0.39, 0.29) is 22.4 Å². The van der Waals surface area contributed by atoms with E-state index in [4.69, 9.17) is 9.29 Å². The van der Waals surface area contributed by atoms with Crippen LogP contribution in [0.1, 0.15) is 0 Å². The Balaban J connectivity index is 0.00000121. The number of methoxy groups -OCH3 is 1. The number of rotatable bonds is 2. The van der Waals surface area contributed by atoms with Gasteiger partial charge in [-0.15, -0.1) is 0 Å². The number of hydrogen-bond donors (Lipinski definition) is 1. The minimum atomic E-state index is -1.89. The Morgan fingerprint density at radius 3 is 2.17 bits per heavy atom. The molecule has 3 nitrogen and oxygen atoms in total. The molecular weight excluding hydrogens is 272 g/mol. The maximum Gasteiger partial charge on any atom is 0.186 e. The molecule has 12 heavy (non-hydrogen) atoms. The molecule has 1 aromatic rings. The van der Waals surface area contributed by atoms with Crippen LogP contribution in [-0.4, -0.2) is 15.9 Å². The summed E-state index contributed by atoms with van der Waals surface area (Å²) in [5, 5.41) is 0. The largest absolute Gasteiger partial charge is 0.497 e. The smallest absolute Gasteiger partial charge is 0.186 e. The monoisotopic (exact) mass is 279 g/mol. The minimum Gasteiger partial charge on any atom is -0.497 e. The van der Waals surface area contributed by atoms with Crippen molar-refractivity contribution < 1.29 is 35.9 Å². The molecule has 1 N–H and O–H groups in total. The van der Waals surface area contributed by atoms with Gasteiger partial charge in [0.2, 0.25) is 0 Å². The SMILES string of the molecule is COc1ccc(S(=O)O)cc1.[Ag]. The van der Waals surface area contributed by atoms with Gasteiger partial charge in [0, 0.05) is 22.4 Å². The summed E-state index contributed by atoms with van der Waals surface area (Å²) in [6.07, 6.45) is 0. The summed E-state index contributed by atoms with van der Waals surface area (Å²) in [4.78, 5) is 0.380. The summed E-state index contributed by atoms with van der Waals surface area (Å²) < 4.78 is 24.0. The van der Waals surface area contributed by atoms with Crippen LogP contribution in [-0.2, 0) is 33.5 Å². The van der Waals surface area contributed by atoms with E-state index in [2.05, 4.69) is 0 Å². The van der Waals surface area contributed by atoms with Crippen molar-refractivity contribution in [2.24, 2.45) is 0 Å². The van der Waals surface area contributed by atoms with Gasteiger partial charge in [-0.05, 0) is 24.3 Å². The van der Waals surface area contributed by atoms with Crippen molar-refractivity contribution in [1.29, 1.82) is 0 Å². The van der Waals surface area contributed by atoms with E-state index in [1.165, 1.54) is 0 Å². The van der Waals surface area contributed by atoms with E-state index in [1.54, 1.807) is 31.4 Å². The van der Waals surface area contributed by atoms with Gasteiger partial charge in [-0.1, -0.05) is 0 Å². The Morgan fingerprint density at radius 1 is 1.33 bits per heavy atom. The third-order valence-corrected chi connectivity index (χ3v) is 1.94. The third kappa shape index (κ3) is 3.08. The van der Waals surface area contributed by atoms with Gasteiger partial charge in [0.05, 0.1) is 12.0 Å². The molecule has 0 aliphatic heterocycles. The number of hydrogen-bond acceptors (Lipinski definition) is 2. The second-order valence-corrected chi connectivity index (χ2v) is 2.89. The van der Waals surface area contributed by atoms with Gasteiger partial charge in [0.1, 0.15) is 5.75 Å². The first-order valence-electron chi connectivity index (χ1n) is 2.99. The molecule has 1 radical (unpaired) electrons. The molecule has 71 valence electrons. The van der Waals surface area contributed by atoms with Crippen LogP contribution >= 0.6 is 0 Å². The molecule has 0 aliphatic carbocycles. The van der Waals surface area contributed by atoms with Crippen molar-refractivity contribution in [3.05, 3.63) is 24.3 Å². The maximum atomic E-state index is 10.5. The fourth-order valence-electron chi connectivity index (χ4n) is 0.692. The molecule has 0 aliphatic rings. The molecule has 0 spiro atoms. The second-order valence-electron chi connectivity index (χ2n) is 1.92. The van der Waals surface area contributed by atoms with Crippen LogP contribution < -0.4 is 4.74 Å². The Labute approximate surface area is 88.9 Å². The molecule has 0 heterocycles. The fraction of sp³-hybridized carbons (Fsp3) is 0.143. The first kappa shape index (κ1) is 11.9. The van der Waals surface area contributed by atoms with Gasteiger partial charge in [0.25, 0.3) is 0 Å². The van der Waals surface area contributed by atoms with E-state index in [9.17, 15) is 4.21 Å². The van der Waals surface area contributed by atoms with Crippen LogP contribution in [0.25, 0.3) is 0 Å². The van der Waals surface area contributed by atoms with Crippen molar-refractivity contribution in [3.8, 4) is 5.75 Å². The van der Waals surface area contributed by atoms with Crippen LogP contribution in [0.15, 0.2) is 29.2 Å². The molecule has 1 rings (SSSR count). The van der Waals surface area contributed by atoms with E-state index >= 15 is 0 Å². The van der Waals surface area contributed by atoms with E-state index in [0.717, 1.165) is 0 Å². The fourth-order valence-corrected chi connectivity index (χ4v) is 1.06. The predicted molar refractivity (Wildman–Crippen MR) is 42.0 cm³/mol. The zero-order valence-corrected chi connectivity index (χ0v) is 8.58. The summed E-state index contributed by atoms with van der Waals surface area (Å²) in [6, 6.07) is 6.39. The van der Waals surface area contributed by atoms with Crippen LogP contribution in [0.3, 0.4) is 0 Å². The molecule has 1 atom stereocenters. The van der Waals surface area contributed by atoms with Crippen molar-refractivity contribution in [2.45, 2.75) is 4.90 Å². The molecule has 0 saturated carbocycles. The van der Waals surface area contributed by atoms with Gasteiger partial charge in [0.15, 0.2) is 11.1 Å². The zero-order chi connectivity index (χ0) is 8.27. The molecule has 0 bridgehead atoms. The summed E-state index contributed by atoms with van der Waals surface area (Å²) in [7, 11) is 1.55. The molecule has 0 amide bonds. The minimum absolute atomic E-state index is 0. The van der Waals surface area contributed by atoms with Gasteiger partial charge in [-0.3, -0.25) is 0 Å². The summed E-state index contributed by atoms with van der Waals surface area (Å²) in [5.74, 6) is 0.680. The predicted octanol–water partition coefficient (Wildman–Crippen LogP) is 1.27. The Kier molecular flexibility index (Phi) is 5.45. The van der Waals surface area contributed by atoms with Crippen molar-refractivity contribution >= 4 is 11.1 Å². The quantitative estimate of drug-likeness (QED) is 0.655. The molecule has 1 unspecified atom stereocenters.